The summed E-state index contributed by atoms with van der Waals surface area (Å²) in [5.41, 5.74) is 1.31. The number of nitrogens with zero attached hydrogens (tertiary/aromatic N) is 3. The molecule has 144 valence electrons. The summed E-state index contributed by atoms with van der Waals surface area (Å²) in [6, 6.07) is 10.5. The Balaban J connectivity index is 1.38. The third-order valence-electron chi connectivity index (χ3n) is 5.48. The van der Waals surface area contributed by atoms with Crippen molar-refractivity contribution in [2.75, 3.05) is 51.3 Å². The zero-order chi connectivity index (χ0) is 18.6. The first-order valence-corrected chi connectivity index (χ1v) is 11.2. The number of carbonyl (C=O) groups excluding carboxylic acids is 1. The maximum absolute atomic E-state index is 12.5. The van der Waals surface area contributed by atoms with Crippen LogP contribution < -0.4 is 0 Å². The lowest BCUT2D eigenvalue weighted by Crippen LogP contribution is -2.49. The average molecular weight is 380 g/mol. The molecule has 7 heteroatoms. The molecule has 0 radical (unpaired) electrons. The molecule has 0 aromatic heterocycles. The van der Waals surface area contributed by atoms with Crippen molar-refractivity contribution in [1.82, 2.24) is 14.7 Å². The van der Waals surface area contributed by atoms with E-state index in [1.54, 1.807) is 0 Å². The predicted octanol–water partition coefficient (Wildman–Crippen LogP) is 0.840. The normalized spacial score (nSPS) is 23.5. The van der Waals surface area contributed by atoms with Crippen LogP contribution in [0.2, 0.25) is 0 Å². The molecule has 0 aliphatic carbocycles. The van der Waals surface area contributed by atoms with Gasteiger partial charge in [0.05, 0.1) is 11.5 Å². The maximum Gasteiger partial charge on any atom is 0.223 e. The summed E-state index contributed by atoms with van der Waals surface area (Å²) in [4.78, 5) is 18.8. The Kier molecular flexibility index (Phi) is 6.32. The van der Waals surface area contributed by atoms with E-state index >= 15 is 0 Å². The molecule has 0 spiro atoms. The van der Waals surface area contributed by atoms with Crippen LogP contribution in [-0.2, 0) is 21.2 Å². The van der Waals surface area contributed by atoms with E-state index < -0.39 is 9.84 Å². The number of hydrogen-bond acceptors (Lipinski definition) is 5. The molecular formula is C19H29N3O3S. The van der Waals surface area contributed by atoms with Gasteiger partial charge >= 0.3 is 0 Å². The minimum Gasteiger partial charge on any atom is -0.340 e. The van der Waals surface area contributed by atoms with E-state index in [1.165, 1.54) is 5.56 Å². The molecule has 2 saturated heterocycles. The second-order valence-corrected chi connectivity index (χ2v) is 9.66. The van der Waals surface area contributed by atoms with Gasteiger partial charge in [0.25, 0.3) is 0 Å². The molecule has 1 amide bonds. The molecule has 1 atom stereocenters. The summed E-state index contributed by atoms with van der Waals surface area (Å²) >= 11 is 0. The molecule has 1 aromatic rings. The van der Waals surface area contributed by atoms with E-state index in [-0.39, 0.29) is 23.5 Å². The SMILES string of the molecule is CN(CCC(=O)N1CCN(Cc2ccccc2)CC1)C1CCS(=O)(=O)C1. The lowest BCUT2D eigenvalue weighted by Gasteiger charge is -2.35. The van der Waals surface area contributed by atoms with Gasteiger partial charge in [-0.25, -0.2) is 8.42 Å². The first-order chi connectivity index (χ1) is 12.4. The van der Waals surface area contributed by atoms with Crippen LogP contribution in [-0.4, -0.2) is 86.3 Å². The summed E-state index contributed by atoms with van der Waals surface area (Å²) in [7, 11) is -0.947. The Morgan fingerprint density at radius 3 is 2.46 bits per heavy atom. The zero-order valence-corrected chi connectivity index (χ0v) is 16.3. The van der Waals surface area contributed by atoms with Gasteiger partial charge in [-0.15, -0.1) is 0 Å². The summed E-state index contributed by atoms with van der Waals surface area (Å²) in [6.45, 7) is 4.90. The highest BCUT2D eigenvalue weighted by Crippen LogP contribution is 2.17. The smallest absolute Gasteiger partial charge is 0.223 e. The lowest BCUT2D eigenvalue weighted by molar-refractivity contribution is -0.133. The van der Waals surface area contributed by atoms with Crippen molar-refractivity contribution < 1.29 is 13.2 Å². The van der Waals surface area contributed by atoms with Gasteiger partial charge < -0.3 is 9.80 Å². The molecule has 3 rings (SSSR count). The molecule has 2 fully saturated rings. The topological polar surface area (TPSA) is 60.9 Å². The Bertz CT molecular complexity index is 700. The minimum absolute atomic E-state index is 0.0653. The van der Waals surface area contributed by atoms with Gasteiger partial charge in [-0.2, -0.15) is 0 Å². The number of piperazine rings is 1. The van der Waals surface area contributed by atoms with E-state index in [1.807, 2.05) is 22.9 Å². The third-order valence-corrected chi connectivity index (χ3v) is 7.23. The van der Waals surface area contributed by atoms with Crippen molar-refractivity contribution in [1.29, 1.82) is 0 Å². The largest absolute Gasteiger partial charge is 0.340 e. The summed E-state index contributed by atoms with van der Waals surface area (Å²) < 4.78 is 23.2. The molecule has 6 nitrogen and oxygen atoms in total. The number of amides is 1. The Morgan fingerprint density at radius 1 is 1.15 bits per heavy atom. The second kappa shape index (κ2) is 8.50. The van der Waals surface area contributed by atoms with Crippen LogP contribution in [0.4, 0.5) is 0 Å². The first-order valence-electron chi connectivity index (χ1n) is 9.38. The van der Waals surface area contributed by atoms with E-state index in [0.29, 0.717) is 19.4 Å². The zero-order valence-electron chi connectivity index (χ0n) is 15.5. The Hall–Kier alpha value is -1.44. The van der Waals surface area contributed by atoms with E-state index in [9.17, 15) is 13.2 Å². The van der Waals surface area contributed by atoms with E-state index in [4.69, 9.17) is 0 Å². The molecule has 0 bridgehead atoms. The van der Waals surface area contributed by atoms with Crippen LogP contribution in [0.5, 0.6) is 0 Å². The number of hydrogen-bond donors (Lipinski definition) is 0. The molecule has 0 saturated carbocycles. The van der Waals surface area contributed by atoms with Gasteiger partial charge in [-0.3, -0.25) is 9.69 Å². The monoisotopic (exact) mass is 379 g/mol. The quantitative estimate of drug-likeness (QED) is 0.733. The van der Waals surface area contributed by atoms with Gasteiger partial charge in [-0.05, 0) is 19.0 Å². The Labute approximate surface area is 156 Å². The van der Waals surface area contributed by atoms with Crippen molar-refractivity contribution in [2.24, 2.45) is 0 Å². The first kappa shape index (κ1) is 19.3. The lowest BCUT2D eigenvalue weighted by atomic mass is 10.2. The molecule has 0 N–H and O–H groups in total. The standard InChI is InChI=1S/C19H29N3O3S/c1-20(18-8-14-26(24,25)16-18)9-7-19(23)22-12-10-21(11-13-22)15-17-5-3-2-4-6-17/h2-6,18H,7-16H2,1H3. The minimum atomic E-state index is -2.87. The molecule has 1 aromatic carbocycles. The summed E-state index contributed by atoms with van der Waals surface area (Å²) in [5.74, 6) is 0.687. The van der Waals surface area contributed by atoms with Crippen LogP contribution in [0.1, 0.15) is 18.4 Å². The molecule has 2 aliphatic rings. The van der Waals surface area contributed by atoms with Gasteiger partial charge in [0.1, 0.15) is 0 Å². The fraction of sp³-hybridized carbons (Fsp3) is 0.632. The van der Waals surface area contributed by atoms with Crippen LogP contribution >= 0.6 is 0 Å². The van der Waals surface area contributed by atoms with E-state index in [2.05, 4.69) is 29.2 Å². The maximum atomic E-state index is 12.5. The predicted molar refractivity (Wildman–Crippen MR) is 103 cm³/mol. The molecular weight excluding hydrogens is 350 g/mol. The van der Waals surface area contributed by atoms with Crippen LogP contribution in [0, 0.1) is 0 Å². The summed E-state index contributed by atoms with van der Waals surface area (Å²) in [5, 5.41) is 0. The number of benzene rings is 1. The van der Waals surface area contributed by atoms with Crippen LogP contribution in [0.3, 0.4) is 0 Å². The number of sulfone groups is 1. The fourth-order valence-corrected chi connectivity index (χ4v) is 5.54. The van der Waals surface area contributed by atoms with Crippen molar-refractivity contribution in [3.63, 3.8) is 0 Å². The number of carbonyl (C=O) groups is 1. The Morgan fingerprint density at radius 2 is 1.85 bits per heavy atom. The number of rotatable bonds is 6. The fourth-order valence-electron chi connectivity index (χ4n) is 3.73. The third kappa shape index (κ3) is 5.28. The highest BCUT2D eigenvalue weighted by molar-refractivity contribution is 7.91. The van der Waals surface area contributed by atoms with Crippen molar-refractivity contribution in [2.45, 2.75) is 25.4 Å². The average Bonchev–Trinajstić information content (AvgIpc) is 3.01. The van der Waals surface area contributed by atoms with Gasteiger partial charge in [0.15, 0.2) is 9.84 Å². The van der Waals surface area contributed by atoms with Crippen LogP contribution in [0.15, 0.2) is 30.3 Å². The molecule has 26 heavy (non-hydrogen) atoms. The second-order valence-electron chi connectivity index (χ2n) is 7.43. The van der Waals surface area contributed by atoms with Gasteiger partial charge in [0.2, 0.25) is 5.91 Å². The van der Waals surface area contributed by atoms with Crippen molar-refractivity contribution in [3.8, 4) is 0 Å². The van der Waals surface area contributed by atoms with Crippen molar-refractivity contribution >= 4 is 15.7 Å². The van der Waals surface area contributed by atoms with Crippen molar-refractivity contribution in [3.05, 3.63) is 35.9 Å². The summed E-state index contributed by atoms with van der Waals surface area (Å²) in [6.07, 6.45) is 1.15. The van der Waals surface area contributed by atoms with Crippen LogP contribution in [0.25, 0.3) is 0 Å². The highest BCUT2D eigenvalue weighted by Gasteiger charge is 2.31. The molecule has 2 aliphatic heterocycles. The van der Waals surface area contributed by atoms with Gasteiger partial charge in [-0.1, -0.05) is 30.3 Å². The molecule has 2 heterocycles. The van der Waals surface area contributed by atoms with Gasteiger partial charge in [0, 0.05) is 51.7 Å². The highest BCUT2D eigenvalue weighted by atomic mass is 32.2. The van der Waals surface area contributed by atoms with E-state index in [0.717, 1.165) is 32.7 Å². The molecule has 1 unspecified atom stereocenters.